The van der Waals surface area contributed by atoms with E-state index in [9.17, 15) is 5.11 Å². The minimum Gasteiger partial charge on any atom is -0.497 e. The summed E-state index contributed by atoms with van der Waals surface area (Å²) in [4.78, 5) is 7.82. The molecule has 0 saturated heterocycles. The Balaban J connectivity index is 1.63. The minimum atomic E-state index is -0.669. The summed E-state index contributed by atoms with van der Waals surface area (Å²) in [6.45, 7) is 2.00. The number of benzene rings is 2. The van der Waals surface area contributed by atoms with E-state index in [0.717, 1.165) is 22.6 Å². The van der Waals surface area contributed by atoms with Crippen molar-refractivity contribution < 1.29 is 19.4 Å². The number of methoxy groups -OCH3 is 1. The van der Waals surface area contributed by atoms with Crippen LogP contribution in [0, 0.1) is 12.3 Å². The van der Waals surface area contributed by atoms with Crippen molar-refractivity contribution in [1.82, 2.24) is 4.90 Å². The number of ether oxygens (including phenoxy) is 2. The standard InChI is InChI=1S/C24H27ClN2O4/c1-3-11-30-17-21(28)15-27(14-18-5-4-6-22(12-18)29-2)16-23-13-24(26-31-23)19-7-9-20(25)10-8-19/h1,4-10,12,21,23,28H,11,13-17H2,2H3. The zero-order valence-corrected chi connectivity index (χ0v) is 18.3. The maximum Gasteiger partial charge on any atom is 0.145 e. The van der Waals surface area contributed by atoms with E-state index in [0.29, 0.717) is 31.1 Å². The molecule has 6 nitrogen and oxygen atoms in total. The summed E-state index contributed by atoms with van der Waals surface area (Å²) in [7, 11) is 1.64. The molecule has 0 amide bonds. The molecule has 0 saturated carbocycles. The molecule has 0 spiro atoms. The molecule has 1 aliphatic rings. The lowest BCUT2D eigenvalue weighted by atomic mass is 10.0. The van der Waals surface area contributed by atoms with Gasteiger partial charge in [-0.05, 0) is 35.4 Å². The maximum absolute atomic E-state index is 10.4. The lowest BCUT2D eigenvalue weighted by Gasteiger charge is -2.27. The fourth-order valence-electron chi connectivity index (χ4n) is 3.46. The second-order valence-corrected chi connectivity index (χ2v) is 7.83. The van der Waals surface area contributed by atoms with Crippen molar-refractivity contribution in [2.75, 3.05) is 33.4 Å². The Kier molecular flexibility index (Phi) is 8.74. The number of oxime groups is 1. The van der Waals surface area contributed by atoms with Gasteiger partial charge in [0.25, 0.3) is 0 Å². The highest BCUT2D eigenvalue weighted by Crippen LogP contribution is 2.21. The van der Waals surface area contributed by atoms with Gasteiger partial charge >= 0.3 is 0 Å². The predicted molar refractivity (Wildman–Crippen MR) is 121 cm³/mol. The van der Waals surface area contributed by atoms with E-state index in [2.05, 4.69) is 16.0 Å². The van der Waals surface area contributed by atoms with Crippen molar-refractivity contribution in [1.29, 1.82) is 0 Å². The summed E-state index contributed by atoms with van der Waals surface area (Å²) in [6, 6.07) is 15.4. The molecule has 1 aliphatic heterocycles. The Morgan fingerprint density at radius 3 is 2.87 bits per heavy atom. The Morgan fingerprint density at radius 2 is 2.13 bits per heavy atom. The highest BCUT2D eigenvalue weighted by molar-refractivity contribution is 6.30. The van der Waals surface area contributed by atoms with Crippen LogP contribution < -0.4 is 4.74 Å². The third kappa shape index (κ3) is 7.27. The quantitative estimate of drug-likeness (QED) is 0.427. The third-order valence-electron chi connectivity index (χ3n) is 4.88. The SMILES string of the molecule is C#CCOCC(O)CN(Cc1cccc(OC)c1)CC1CC(c2ccc(Cl)cc2)=NO1. The molecule has 2 aromatic carbocycles. The van der Waals surface area contributed by atoms with Gasteiger partial charge in [0.05, 0.1) is 25.5 Å². The van der Waals surface area contributed by atoms with Gasteiger partial charge in [0.1, 0.15) is 18.5 Å². The second-order valence-electron chi connectivity index (χ2n) is 7.40. The van der Waals surface area contributed by atoms with Gasteiger partial charge in [-0.25, -0.2) is 0 Å². The summed E-state index contributed by atoms with van der Waals surface area (Å²) in [5.41, 5.74) is 2.96. The first-order valence-electron chi connectivity index (χ1n) is 10.1. The Bertz CT molecular complexity index is 911. The third-order valence-corrected chi connectivity index (χ3v) is 5.13. The fraction of sp³-hybridized carbons (Fsp3) is 0.375. The van der Waals surface area contributed by atoms with E-state index in [4.69, 9.17) is 32.3 Å². The van der Waals surface area contributed by atoms with Crippen molar-refractivity contribution in [3.63, 3.8) is 0 Å². The highest BCUT2D eigenvalue weighted by atomic mass is 35.5. The van der Waals surface area contributed by atoms with E-state index in [1.807, 2.05) is 48.5 Å². The van der Waals surface area contributed by atoms with E-state index >= 15 is 0 Å². The van der Waals surface area contributed by atoms with Crippen LogP contribution >= 0.6 is 11.6 Å². The van der Waals surface area contributed by atoms with Crippen molar-refractivity contribution >= 4 is 17.3 Å². The molecule has 0 aromatic heterocycles. The van der Waals surface area contributed by atoms with Crippen LogP contribution in [0.5, 0.6) is 5.75 Å². The number of aliphatic hydroxyl groups excluding tert-OH is 1. The number of terminal acetylenes is 1. The van der Waals surface area contributed by atoms with Crippen LogP contribution in [-0.2, 0) is 16.1 Å². The smallest absolute Gasteiger partial charge is 0.145 e. The number of hydrogen-bond acceptors (Lipinski definition) is 6. The van der Waals surface area contributed by atoms with Crippen LogP contribution in [0.1, 0.15) is 17.5 Å². The van der Waals surface area contributed by atoms with Gasteiger partial charge < -0.3 is 19.4 Å². The summed E-state index contributed by atoms with van der Waals surface area (Å²) in [5.74, 6) is 3.20. The molecule has 164 valence electrons. The van der Waals surface area contributed by atoms with Gasteiger partial charge in [0.2, 0.25) is 0 Å². The van der Waals surface area contributed by atoms with Gasteiger partial charge in [-0.15, -0.1) is 6.42 Å². The van der Waals surface area contributed by atoms with Crippen molar-refractivity contribution in [2.24, 2.45) is 5.16 Å². The molecular weight excluding hydrogens is 416 g/mol. The number of halogens is 1. The normalized spacial score (nSPS) is 16.5. The van der Waals surface area contributed by atoms with E-state index < -0.39 is 6.10 Å². The molecule has 2 aromatic rings. The molecule has 31 heavy (non-hydrogen) atoms. The largest absolute Gasteiger partial charge is 0.497 e. The van der Waals surface area contributed by atoms with E-state index in [-0.39, 0.29) is 19.3 Å². The first kappa shape index (κ1) is 23.1. The van der Waals surface area contributed by atoms with Crippen LogP contribution in [-0.4, -0.2) is 61.3 Å². The zero-order valence-electron chi connectivity index (χ0n) is 17.5. The highest BCUT2D eigenvalue weighted by Gasteiger charge is 2.26. The van der Waals surface area contributed by atoms with E-state index in [1.165, 1.54) is 0 Å². The van der Waals surface area contributed by atoms with Crippen LogP contribution in [0.2, 0.25) is 5.02 Å². The number of aliphatic hydroxyl groups is 1. The first-order chi connectivity index (χ1) is 15.1. The average molecular weight is 443 g/mol. The molecule has 1 N–H and O–H groups in total. The van der Waals surface area contributed by atoms with Gasteiger partial charge in [-0.2, -0.15) is 0 Å². The monoisotopic (exact) mass is 442 g/mol. The first-order valence-corrected chi connectivity index (χ1v) is 10.5. The molecule has 1 heterocycles. The van der Waals surface area contributed by atoms with Crippen LogP contribution in [0.4, 0.5) is 0 Å². The summed E-state index contributed by atoms with van der Waals surface area (Å²) in [5, 5.41) is 15.4. The van der Waals surface area contributed by atoms with Gasteiger partial charge in [-0.1, -0.05) is 46.9 Å². The Hall–Kier alpha value is -2.56. The average Bonchev–Trinajstić information content (AvgIpc) is 3.23. The lowest BCUT2D eigenvalue weighted by Crippen LogP contribution is -2.39. The molecular formula is C24H27ClN2O4. The molecule has 3 rings (SSSR count). The van der Waals surface area contributed by atoms with Gasteiger partial charge in [0.15, 0.2) is 0 Å². The molecule has 2 atom stereocenters. The summed E-state index contributed by atoms with van der Waals surface area (Å²) >= 11 is 5.98. The molecule has 0 aliphatic carbocycles. The van der Waals surface area contributed by atoms with Gasteiger partial charge in [-0.3, -0.25) is 4.90 Å². The summed E-state index contributed by atoms with van der Waals surface area (Å²) < 4.78 is 10.6. The maximum atomic E-state index is 10.4. The number of rotatable bonds is 11. The van der Waals surface area contributed by atoms with Crippen molar-refractivity contribution in [3.8, 4) is 18.1 Å². The number of hydrogen-bond donors (Lipinski definition) is 1. The number of nitrogens with zero attached hydrogens (tertiary/aromatic N) is 2. The fourth-order valence-corrected chi connectivity index (χ4v) is 3.59. The topological polar surface area (TPSA) is 63.5 Å². The molecule has 2 unspecified atom stereocenters. The minimum absolute atomic E-state index is 0.116. The van der Waals surface area contributed by atoms with Crippen molar-refractivity contribution in [3.05, 3.63) is 64.7 Å². The zero-order chi connectivity index (χ0) is 22.1. The van der Waals surface area contributed by atoms with Crippen LogP contribution in [0.25, 0.3) is 0 Å². The second kappa shape index (κ2) is 11.7. The molecule has 7 heteroatoms. The van der Waals surface area contributed by atoms with Crippen LogP contribution in [0.15, 0.2) is 53.7 Å². The molecule has 0 fully saturated rings. The Morgan fingerprint density at radius 1 is 1.32 bits per heavy atom. The predicted octanol–water partition coefficient (Wildman–Crippen LogP) is 3.35. The Labute approximate surface area is 188 Å². The van der Waals surface area contributed by atoms with Crippen LogP contribution in [0.3, 0.4) is 0 Å². The molecule has 0 bridgehead atoms. The molecule has 0 radical (unpaired) electrons. The van der Waals surface area contributed by atoms with Crippen molar-refractivity contribution in [2.45, 2.75) is 25.2 Å². The lowest BCUT2D eigenvalue weighted by molar-refractivity contribution is 0.00417. The van der Waals surface area contributed by atoms with E-state index in [1.54, 1.807) is 7.11 Å². The summed E-state index contributed by atoms with van der Waals surface area (Å²) in [6.07, 6.45) is 5.10. The van der Waals surface area contributed by atoms with Gasteiger partial charge in [0, 0.05) is 31.1 Å².